The Hall–Kier alpha value is -1.20. The maximum absolute atomic E-state index is 13.3. The van der Waals surface area contributed by atoms with Gasteiger partial charge in [-0.15, -0.1) is 0 Å². The van der Waals surface area contributed by atoms with Crippen LogP contribution in [0, 0.1) is 5.82 Å². The molecule has 2 N–H and O–H groups in total. The Balaban J connectivity index is 2.41. The van der Waals surface area contributed by atoms with E-state index in [-0.39, 0.29) is 12.4 Å². The average Bonchev–Trinajstić information content (AvgIpc) is 2.28. The topological polar surface area (TPSA) is 45.1 Å². The van der Waals surface area contributed by atoms with Gasteiger partial charge in [-0.2, -0.15) is 0 Å². The molecule has 16 heavy (non-hydrogen) atoms. The first-order chi connectivity index (χ1) is 7.70. The number of anilines is 1. The Morgan fingerprint density at radius 3 is 2.94 bits per heavy atom. The van der Waals surface area contributed by atoms with Gasteiger partial charge in [-0.1, -0.05) is 0 Å². The van der Waals surface area contributed by atoms with Gasteiger partial charge < -0.3 is 10.4 Å². The minimum Gasteiger partial charge on any atom is -0.395 e. The molecule has 0 aliphatic carbocycles. The van der Waals surface area contributed by atoms with Crippen LogP contribution in [0.3, 0.4) is 0 Å². The normalized spacial score (nSPS) is 10.7. The largest absolute Gasteiger partial charge is 0.395 e. The van der Waals surface area contributed by atoms with Crippen LogP contribution in [0.2, 0.25) is 0 Å². The van der Waals surface area contributed by atoms with Crippen molar-refractivity contribution >= 4 is 32.7 Å². The summed E-state index contributed by atoms with van der Waals surface area (Å²) in [7, 11) is 0. The molecule has 2 rings (SSSR count). The van der Waals surface area contributed by atoms with Gasteiger partial charge in [-0.25, -0.2) is 9.37 Å². The van der Waals surface area contributed by atoms with Gasteiger partial charge in [0.05, 0.1) is 16.6 Å². The number of nitrogens with one attached hydrogen (secondary N) is 1. The molecule has 1 heterocycles. The number of aromatic nitrogens is 1. The van der Waals surface area contributed by atoms with Crippen LogP contribution in [0.5, 0.6) is 0 Å². The summed E-state index contributed by atoms with van der Waals surface area (Å²) in [5.74, 6) is 0.294. The van der Waals surface area contributed by atoms with Crippen molar-refractivity contribution < 1.29 is 9.50 Å². The lowest BCUT2D eigenvalue weighted by atomic mass is 10.2. The maximum atomic E-state index is 13.3. The van der Waals surface area contributed by atoms with Gasteiger partial charge in [-0.3, -0.25) is 0 Å². The van der Waals surface area contributed by atoms with Crippen LogP contribution in [0.25, 0.3) is 10.9 Å². The molecule has 1 aromatic heterocycles. The molecule has 0 bridgehead atoms. The van der Waals surface area contributed by atoms with E-state index in [0.29, 0.717) is 22.4 Å². The molecular weight excluding hydrogens is 275 g/mol. The summed E-state index contributed by atoms with van der Waals surface area (Å²) in [6.07, 6.45) is 0. The number of hydrogen-bond acceptors (Lipinski definition) is 3. The molecule has 0 radical (unpaired) electrons. The second-order valence-corrected chi connectivity index (χ2v) is 4.16. The molecule has 5 heteroatoms. The molecule has 0 saturated heterocycles. The van der Waals surface area contributed by atoms with Crippen molar-refractivity contribution in [3.05, 3.63) is 34.6 Å². The van der Waals surface area contributed by atoms with Gasteiger partial charge in [0.15, 0.2) is 0 Å². The fourth-order valence-electron chi connectivity index (χ4n) is 1.40. The van der Waals surface area contributed by atoms with E-state index in [0.717, 1.165) is 5.39 Å². The zero-order valence-corrected chi connectivity index (χ0v) is 9.96. The smallest absolute Gasteiger partial charge is 0.139 e. The molecule has 0 spiro atoms. The van der Waals surface area contributed by atoms with Crippen molar-refractivity contribution in [1.29, 1.82) is 0 Å². The monoisotopic (exact) mass is 284 g/mol. The van der Waals surface area contributed by atoms with Gasteiger partial charge in [0, 0.05) is 18.0 Å². The quantitative estimate of drug-likeness (QED) is 0.911. The number of hydrogen-bond donors (Lipinski definition) is 2. The van der Waals surface area contributed by atoms with E-state index in [1.54, 1.807) is 12.1 Å². The number of nitrogens with zero attached hydrogens (tertiary/aromatic N) is 1. The van der Waals surface area contributed by atoms with Crippen molar-refractivity contribution in [2.24, 2.45) is 0 Å². The SMILES string of the molecule is OCCNc1ccc2cc(Br)c(F)cc2n1. The van der Waals surface area contributed by atoms with Gasteiger partial charge in [0.2, 0.25) is 0 Å². The molecule has 0 fully saturated rings. The van der Waals surface area contributed by atoms with E-state index in [9.17, 15) is 4.39 Å². The number of rotatable bonds is 3. The molecule has 1 aromatic carbocycles. The second-order valence-electron chi connectivity index (χ2n) is 3.31. The third-order valence-corrected chi connectivity index (χ3v) is 2.76. The van der Waals surface area contributed by atoms with Crippen LogP contribution in [-0.2, 0) is 0 Å². The summed E-state index contributed by atoms with van der Waals surface area (Å²) in [6.45, 7) is 0.464. The Bertz CT molecular complexity index is 519. The standard InChI is InChI=1S/C11H10BrFN2O/c12-8-5-7-1-2-11(14-3-4-16)15-10(7)6-9(8)13/h1-2,5-6,16H,3-4H2,(H,14,15). The zero-order chi connectivity index (χ0) is 11.5. The van der Waals surface area contributed by atoms with E-state index in [4.69, 9.17) is 5.11 Å². The van der Waals surface area contributed by atoms with E-state index in [2.05, 4.69) is 26.2 Å². The number of aliphatic hydroxyl groups is 1. The summed E-state index contributed by atoms with van der Waals surface area (Å²) in [4.78, 5) is 4.23. The van der Waals surface area contributed by atoms with Gasteiger partial charge >= 0.3 is 0 Å². The molecule has 0 aliphatic rings. The number of aliphatic hydroxyl groups excluding tert-OH is 1. The van der Waals surface area contributed by atoms with E-state index >= 15 is 0 Å². The number of pyridine rings is 1. The lowest BCUT2D eigenvalue weighted by molar-refractivity contribution is 0.311. The van der Waals surface area contributed by atoms with Crippen LogP contribution >= 0.6 is 15.9 Å². The molecule has 0 unspecified atom stereocenters. The minimum absolute atomic E-state index is 0.0361. The van der Waals surface area contributed by atoms with Crippen molar-refractivity contribution in [3.63, 3.8) is 0 Å². The van der Waals surface area contributed by atoms with Gasteiger partial charge in [0.1, 0.15) is 11.6 Å². The van der Waals surface area contributed by atoms with Crippen LogP contribution in [0.1, 0.15) is 0 Å². The highest BCUT2D eigenvalue weighted by atomic mass is 79.9. The summed E-state index contributed by atoms with van der Waals surface area (Å²) in [5.41, 5.74) is 0.587. The predicted molar refractivity (Wildman–Crippen MR) is 65.0 cm³/mol. The third-order valence-electron chi connectivity index (χ3n) is 2.15. The Labute approximate surface area is 100 Å². The molecule has 0 amide bonds. The molecule has 84 valence electrons. The average molecular weight is 285 g/mol. The lowest BCUT2D eigenvalue weighted by Crippen LogP contribution is -2.06. The van der Waals surface area contributed by atoms with E-state index < -0.39 is 0 Å². The lowest BCUT2D eigenvalue weighted by Gasteiger charge is -2.05. The number of halogens is 2. The highest BCUT2D eigenvalue weighted by Crippen LogP contribution is 2.23. The molecule has 2 aromatic rings. The van der Waals surface area contributed by atoms with Crippen LogP contribution in [0.15, 0.2) is 28.7 Å². The van der Waals surface area contributed by atoms with Crippen molar-refractivity contribution in [2.75, 3.05) is 18.5 Å². The van der Waals surface area contributed by atoms with E-state index in [1.165, 1.54) is 6.07 Å². The fourth-order valence-corrected chi connectivity index (χ4v) is 1.76. The zero-order valence-electron chi connectivity index (χ0n) is 8.37. The summed E-state index contributed by atoms with van der Waals surface area (Å²) < 4.78 is 13.7. The molecular formula is C11H10BrFN2O. The van der Waals surface area contributed by atoms with Crippen molar-refractivity contribution in [1.82, 2.24) is 4.98 Å². The first-order valence-electron chi connectivity index (χ1n) is 4.81. The number of benzene rings is 1. The van der Waals surface area contributed by atoms with Crippen LogP contribution < -0.4 is 5.32 Å². The first kappa shape index (κ1) is 11.3. The van der Waals surface area contributed by atoms with Crippen LogP contribution in [0.4, 0.5) is 10.2 Å². The fraction of sp³-hybridized carbons (Fsp3) is 0.182. The first-order valence-corrected chi connectivity index (χ1v) is 5.60. The maximum Gasteiger partial charge on any atom is 0.139 e. The Morgan fingerprint density at radius 2 is 2.19 bits per heavy atom. The molecule has 0 aliphatic heterocycles. The second kappa shape index (κ2) is 4.76. The van der Waals surface area contributed by atoms with Crippen LogP contribution in [-0.4, -0.2) is 23.2 Å². The van der Waals surface area contributed by atoms with Crippen molar-refractivity contribution in [3.8, 4) is 0 Å². The Kier molecular flexibility index (Phi) is 3.36. The molecule has 0 atom stereocenters. The molecule has 3 nitrogen and oxygen atoms in total. The third kappa shape index (κ3) is 2.31. The minimum atomic E-state index is -0.334. The van der Waals surface area contributed by atoms with Gasteiger partial charge in [0.25, 0.3) is 0 Å². The summed E-state index contributed by atoms with van der Waals surface area (Å²) >= 11 is 3.13. The van der Waals surface area contributed by atoms with Crippen molar-refractivity contribution in [2.45, 2.75) is 0 Å². The number of fused-ring (bicyclic) bond motifs is 1. The highest BCUT2D eigenvalue weighted by Gasteiger charge is 2.03. The Morgan fingerprint density at radius 1 is 1.38 bits per heavy atom. The van der Waals surface area contributed by atoms with E-state index in [1.807, 2.05) is 6.07 Å². The molecule has 0 saturated carbocycles. The summed E-state index contributed by atoms with van der Waals surface area (Å²) in [5, 5.41) is 12.5. The predicted octanol–water partition coefficient (Wildman–Crippen LogP) is 2.54. The highest BCUT2D eigenvalue weighted by molar-refractivity contribution is 9.10. The summed E-state index contributed by atoms with van der Waals surface area (Å²) in [6, 6.07) is 6.71. The van der Waals surface area contributed by atoms with Gasteiger partial charge in [-0.05, 0) is 34.1 Å².